The Labute approximate surface area is 92.5 Å². The third-order valence-electron chi connectivity index (χ3n) is 1.38. The molecule has 16 heavy (non-hydrogen) atoms. The SMILES string of the molecule is CCOC(=O)ON.O=C(O)c1ccccc1. The normalized spacial score (nSPS) is 8.38. The van der Waals surface area contributed by atoms with Gasteiger partial charge >= 0.3 is 12.1 Å². The van der Waals surface area contributed by atoms with Crippen LogP contribution in [0.2, 0.25) is 0 Å². The van der Waals surface area contributed by atoms with Crippen molar-refractivity contribution in [2.75, 3.05) is 6.61 Å². The van der Waals surface area contributed by atoms with Gasteiger partial charge in [0.2, 0.25) is 0 Å². The van der Waals surface area contributed by atoms with Crippen LogP contribution in [0.4, 0.5) is 4.79 Å². The van der Waals surface area contributed by atoms with E-state index in [1.807, 2.05) is 0 Å². The van der Waals surface area contributed by atoms with Gasteiger partial charge in [-0.3, -0.25) is 0 Å². The third-order valence-corrected chi connectivity index (χ3v) is 1.38. The highest BCUT2D eigenvalue weighted by atomic mass is 16.8. The highest BCUT2D eigenvalue weighted by Gasteiger charge is 1.96. The monoisotopic (exact) mass is 227 g/mol. The minimum atomic E-state index is -0.879. The molecule has 0 unspecified atom stereocenters. The second-order valence-corrected chi connectivity index (χ2v) is 2.47. The molecule has 88 valence electrons. The van der Waals surface area contributed by atoms with E-state index in [4.69, 9.17) is 5.11 Å². The molecule has 0 spiro atoms. The van der Waals surface area contributed by atoms with Crippen LogP contribution >= 0.6 is 0 Å². The molecule has 6 nitrogen and oxygen atoms in total. The van der Waals surface area contributed by atoms with Crippen molar-refractivity contribution in [2.45, 2.75) is 6.92 Å². The summed E-state index contributed by atoms with van der Waals surface area (Å²) in [7, 11) is 0. The molecule has 0 saturated carbocycles. The lowest BCUT2D eigenvalue weighted by molar-refractivity contribution is 0.0589. The molecule has 1 rings (SSSR count). The molecule has 0 atom stereocenters. The van der Waals surface area contributed by atoms with Crippen molar-refractivity contribution >= 4 is 12.1 Å². The van der Waals surface area contributed by atoms with Gasteiger partial charge in [0.1, 0.15) is 0 Å². The molecule has 0 fully saturated rings. The van der Waals surface area contributed by atoms with E-state index in [-0.39, 0.29) is 6.61 Å². The number of carboxylic acid groups (broad SMARTS) is 1. The lowest BCUT2D eigenvalue weighted by Crippen LogP contribution is -2.11. The van der Waals surface area contributed by atoms with Gasteiger partial charge in [-0.25, -0.2) is 9.59 Å². The van der Waals surface area contributed by atoms with Gasteiger partial charge in [0.05, 0.1) is 12.2 Å². The molecule has 3 N–H and O–H groups in total. The number of hydrogen-bond donors (Lipinski definition) is 2. The molecule has 0 heterocycles. The summed E-state index contributed by atoms with van der Waals surface area (Å²) in [4.78, 5) is 23.7. The van der Waals surface area contributed by atoms with Crippen LogP contribution in [-0.4, -0.2) is 23.8 Å². The van der Waals surface area contributed by atoms with Crippen LogP contribution in [0.25, 0.3) is 0 Å². The summed E-state index contributed by atoms with van der Waals surface area (Å²) in [6.45, 7) is 1.95. The molecule has 1 aromatic rings. The van der Waals surface area contributed by atoms with Crippen LogP contribution in [0.15, 0.2) is 30.3 Å². The first-order valence-electron chi connectivity index (χ1n) is 4.43. The molecule has 0 aliphatic carbocycles. The Hall–Kier alpha value is -2.08. The van der Waals surface area contributed by atoms with E-state index < -0.39 is 12.1 Å². The van der Waals surface area contributed by atoms with Crippen molar-refractivity contribution in [3.05, 3.63) is 35.9 Å². The average molecular weight is 227 g/mol. The summed E-state index contributed by atoms with van der Waals surface area (Å²) in [6.07, 6.45) is -0.845. The van der Waals surface area contributed by atoms with Gasteiger partial charge in [0.15, 0.2) is 0 Å². The summed E-state index contributed by atoms with van der Waals surface area (Å²) in [6, 6.07) is 8.30. The zero-order chi connectivity index (χ0) is 12.4. The average Bonchev–Trinajstić information content (AvgIpc) is 2.31. The lowest BCUT2D eigenvalue weighted by atomic mass is 10.2. The Kier molecular flexibility index (Phi) is 7.17. The van der Waals surface area contributed by atoms with Gasteiger partial charge in [-0.1, -0.05) is 18.2 Å². The van der Waals surface area contributed by atoms with Gasteiger partial charge in [0, 0.05) is 0 Å². The maximum Gasteiger partial charge on any atom is 0.527 e. The molecule has 0 aromatic heterocycles. The van der Waals surface area contributed by atoms with Crippen LogP contribution in [0, 0.1) is 0 Å². The highest BCUT2D eigenvalue weighted by molar-refractivity contribution is 5.87. The van der Waals surface area contributed by atoms with Crippen molar-refractivity contribution in [1.29, 1.82) is 0 Å². The Bertz CT molecular complexity index is 325. The van der Waals surface area contributed by atoms with Gasteiger partial charge in [-0.2, -0.15) is 5.90 Å². The number of carbonyl (C=O) groups excluding carboxylic acids is 1. The molecule has 1 aromatic carbocycles. The number of nitrogens with two attached hydrogens (primary N) is 1. The Morgan fingerprint density at radius 3 is 2.12 bits per heavy atom. The molecule has 0 amide bonds. The van der Waals surface area contributed by atoms with Gasteiger partial charge in [0.25, 0.3) is 0 Å². The largest absolute Gasteiger partial charge is 0.527 e. The first kappa shape index (κ1) is 13.9. The van der Waals surface area contributed by atoms with Crippen LogP contribution < -0.4 is 5.90 Å². The maximum atomic E-state index is 10.2. The summed E-state index contributed by atoms with van der Waals surface area (Å²) < 4.78 is 4.20. The molecule has 0 bridgehead atoms. The summed E-state index contributed by atoms with van der Waals surface area (Å²) in [5, 5.41) is 8.38. The van der Waals surface area contributed by atoms with E-state index >= 15 is 0 Å². The topological polar surface area (TPSA) is 98.9 Å². The molecule has 0 aliphatic rings. The molecule has 0 radical (unpaired) electrons. The predicted molar refractivity (Wildman–Crippen MR) is 55.7 cm³/mol. The fourth-order valence-electron chi connectivity index (χ4n) is 0.733. The number of hydrogen-bond acceptors (Lipinski definition) is 5. The molecular weight excluding hydrogens is 214 g/mol. The number of rotatable bonds is 2. The number of ether oxygens (including phenoxy) is 1. The molecule has 0 saturated heterocycles. The van der Waals surface area contributed by atoms with E-state index in [1.165, 1.54) is 0 Å². The fraction of sp³-hybridized carbons (Fsp3) is 0.200. The van der Waals surface area contributed by atoms with E-state index in [9.17, 15) is 9.59 Å². The van der Waals surface area contributed by atoms with Crippen LogP contribution in [-0.2, 0) is 9.57 Å². The molecule has 0 aliphatic heterocycles. The van der Waals surface area contributed by atoms with Gasteiger partial charge in [-0.05, 0) is 19.1 Å². The summed E-state index contributed by atoms with van der Waals surface area (Å²) in [5.41, 5.74) is 0.331. The van der Waals surface area contributed by atoms with Gasteiger partial charge < -0.3 is 14.7 Å². The van der Waals surface area contributed by atoms with E-state index in [0.717, 1.165) is 0 Å². The lowest BCUT2D eigenvalue weighted by Gasteiger charge is -1.93. The quantitative estimate of drug-likeness (QED) is 0.585. The third kappa shape index (κ3) is 6.39. The number of carboxylic acids is 1. The van der Waals surface area contributed by atoms with E-state index in [1.54, 1.807) is 37.3 Å². The number of aromatic carboxylic acids is 1. The number of benzene rings is 1. The van der Waals surface area contributed by atoms with Crippen molar-refractivity contribution in [1.82, 2.24) is 0 Å². The van der Waals surface area contributed by atoms with E-state index in [0.29, 0.717) is 5.56 Å². The van der Waals surface area contributed by atoms with Crippen LogP contribution in [0.1, 0.15) is 17.3 Å². The second-order valence-electron chi connectivity index (χ2n) is 2.47. The van der Waals surface area contributed by atoms with Gasteiger partial charge in [-0.15, -0.1) is 0 Å². The van der Waals surface area contributed by atoms with Crippen molar-refractivity contribution in [3.63, 3.8) is 0 Å². The first-order chi connectivity index (χ1) is 7.61. The fourth-order valence-corrected chi connectivity index (χ4v) is 0.733. The Morgan fingerprint density at radius 2 is 1.88 bits per heavy atom. The zero-order valence-electron chi connectivity index (χ0n) is 8.75. The predicted octanol–water partition coefficient (Wildman–Crippen LogP) is 1.42. The van der Waals surface area contributed by atoms with Crippen LogP contribution in [0.5, 0.6) is 0 Å². The summed E-state index contributed by atoms with van der Waals surface area (Å²) >= 11 is 0. The Morgan fingerprint density at radius 1 is 1.31 bits per heavy atom. The highest BCUT2D eigenvalue weighted by Crippen LogP contribution is 1.96. The zero-order valence-corrected chi connectivity index (χ0v) is 8.75. The van der Waals surface area contributed by atoms with Crippen molar-refractivity contribution < 1.29 is 24.3 Å². The first-order valence-corrected chi connectivity index (χ1v) is 4.43. The maximum absolute atomic E-state index is 10.2. The molecular formula is C10H13NO5. The summed E-state index contributed by atoms with van der Waals surface area (Å²) in [5.74, 6) is 3.50. The minimum absolute atomic E-state index is 0.288. The van der Waals surface area contributed by atoms with Crippen molar-refractivity contribution in [2.24, 2.45) is 5.90 Å². The van der Waals surface area contributed by atoms with E-state index in [2.05, 4.69) is 15.5 Å². The number of carbonyl (C=O) groups is 2. The standard InChI is InChI=1S/C7H6O2.C3H7NO3/c8-7(9)6-4-2-1-3-5-6;1-2-6-3(5)7-4/h1-5H,(H,8,9);2,4H2,1H3. The smallest absolute Gasteiger partial charge is 0.478 e. The second kappa shape index (κ2) is 8.25. The van der Waals surface area contributed by atoms with Crippen LogP contribution in [0.3, 0.4) is 0 Å². The minimum Gasteiger partial charge on any atom is -0.478 e. The Balaban J connectivity index is 0.000000293. The molecule has 6 heteroatoms. The van der Waals surface area contributed by atoms with Crippen molar-refractivity contribution in [3.8, 4) is 0 Å².